The van der Waals surface area contributed by atoms with Crippen LogP contribution < -0.4 is 5.43 Å². The molecule has 1 heterocycles. The first-order valence-corrected chi connectivity index (χ1v) is 8.55. The number of alkyl halides is 3. The third-order valence-electron chi connectivity index (χ3n) is 3.97. The maximum Gasteiger partial charge on any atom is 0.416 e. The first-order chi connectivity index (χ1) is 14.2. The zero-order valence-corrected chi connectivity index (χ0v) is 15.2. The quantitative estimate of drug-likeness (QED) is 0.361. The van der Waals surface area contributed by atoms with Gasteiger partial charge in [-0.15, -0.1) is 0 Å². The fraction of sp³-hybridized carbons (Fsp3) is 0.100. The molecule has 0 aliphatic heterocycles. The Balaban J connectivity index is 1.60. The van der Waals surface area contributed by atoms with Crippen LogP contribution in [0.5, 0.6) is 0 Å². The summed E-state index contributed by atoms with van der Waals surface area (Å²) >= 11 is 0. The number of hydrogen-bond donors (Lipinski definition) is 1. The number of furan rings is 1. The molecular formula is C20H14F3N3O4. The molecule has 0 saturated heterocycles. The van der Waals surface area contributed by atoms with Crippen molar-refractivity contribution in [2.75, 3.05) is 0 Å². The van der Waals surface area contributed by atoms with Crippen LogP contribution in [0, 0.1) is 10.1 Å². The van der Waals surface area contributed by atoms with Crippen LogP contribution in [0.1, 0.15) is 16.9 Å². The lowest BCUT2D eigenvalue weighted by Crippen LogP contribution is -2.20. The predicted octanol–water partition coefficient (Wildman–Crippen LogP) is 4.57. The number of nitro groups is 1. The van der Waals surface area contributed by atoms with Gasteiger partial charge in [-0.3, -0.25) is 14.9 Å². The van der Waals surface area contributed by atoms with E-state index in [1.165, 1.54) is 36.5 Å². The molecule has 2 aromatic carbocycles. The topological polar surface area (TPSA) is 97.7 Å². The van der Waals surface area contributed by atoms with Gasteiger partial charge in [0.2, 0.25) is 5.91 Å². The van der Waals surface area contributed by atoms with Gasteiger partial charge in [-0.1, -0.05) is 30.3 Å². The lowest BCUT2D eigenvalue weighted by molar-refractivity contribution is -0.384. The normalized spacial score (nSPS) is 11.6. The maximum atomic E-state index is 12.7. The van der Waals surface area contributed by atoms with Crippen LogP contribution in [-0.2, 0) is 17.4 Å². The molecule has 0 bridgehead atoms. The molecule has 10 heteroatoms. The third-order valence-corrected chi connectivity index (χ3v) is 3.97. The number of benzene rings is 2. The summed E-state index contributed by atoms with van der Waals surface area (Å²) in [5.74, 6) is 0.0438. The highest BCUT2D eigenvalue weighted by Crippen LogP contribution is 2.29. The van der Waals surface area contributed by atoms with Crippen LogP contribution in [0.15, 0.2) is 70.2 Å². The zero-order chi connectivity index (χ0) is 21.7. The Hall–Kier alpha value is -3.95. The first-order valence-electron chi connectivity index (χ1n) is 8.55. The molecule has 154 valence electrons. The number of nitrogens with zero attached hydrogens (tertiary/aromatic N) is 2. The van der Waals surface area contributed by atoms with Crippen LogP contribution >= 0.6 is 0 Å². The number of halogens is 3. The molecule has 30 heavy (non-hydrogen) atoms. The lowest BCUT2D eigenvalue weighted by Gasteiger charge is -2.08. The average Bonchev–Trinajstić information content (AvgIpc) is 3.16. The Morgan fingerprint density at radius 1 is 1.13 bits per heavy atom. The summed E-state index contributed by atoms with van der Waals surface area (Å²) in [6.07, 6.45) is -3.55. The fourth-order valence-electron chi connectivity index (χ4n) is 2.60. The van der Waals surface area contributed by atoms with Crippen molar-refractivity contribution in [3.05, 3.63) is 87.7 Å². The molecule has 1 amide bonds. The number of carbonyl (C=O) groups is 1. The molecule has 0 saturated carbocycles. The third kappa shape index (κ3) is 5.31. The molecule has 0 fully saturated rings. The summed E-state index contributed by atoms with van der Waals surface area (Å²) in [7, 11) is 0. The Bertz CT molecular complexity index is 1110. The van der Waals surface area contributed by atoms with Crippen molar-refractivity contribution in [1.29, 1.82) is 0 Å². The number of nitrogens with one attached hydrogen (secondary N) is 1. The van der Waals surface area contributed by atoms with Gasteiger partial charge in [0.1, 0.15) is 11.5 Å². The van der Waals surface area contributed by atoms with Gasteiger partial charge in [0.25, 0.3) is 5.69 Å². The van der Waals surface area contributed by atoms with Gasteiger partial charge in [0.05, 0.1) is 23.1 Å². The molecule has 0 aliphatic rings. The van der Waals surface area contributed by atoms with E-state index in [2.05, 4.69) is 10.5 Å². The van der Waals surface area contributed by atoms with E-state index in [1.54, 1.807) is 18.2 Å². The smallest absolute Gasteiger partial charge is 0.416 e. The molecule has 0 radical (unpaired) electrons. The zero-order valence-electron chi connectivity index (χ0n) is 15.2. The van der Waals surface area contributed by atoms with Gasteiger partial charge < -0.3 is 4.42 Å². The van der Waals surface area contributed by atoms with Crippen LogP contribution in [-0.4, -0.2) is 17.0 Å². The molecule has 1 aromatic heterocycles. The number of amides is 1. The molecule has 3 rings (SSSR count). The Morgan fingerprint density at radius 2 is 1.90 bits per heavy atom. The van der Waals surface area contributed by atoms with Crippen molar-refractivity contribution in [3.63, 3.8) is 0 Å². The number of rotatable bonds is 6. The molecule has 0 aliphatic carbocycles. The maximum absolute atomic E-state index is 12.7. The molecule has 0 unspecified atom stereocenters. The number of non-ortho nitro benzene ring substituents is 1. The average molecular weight is 417 g/mol. The second kappa shape index (κ2) is 8.60. The van der Waals surface area contributed by atoms with Crippen LogP contribution in [0.3, 0.4) is 0 Å². The molecular weight excluding hydrogens is 403 g/mol. The van der Waals surface area contributed by atoms with E-state index in [1.807, 2.05) is 0 Å². The van der Waals surface area contributed by atoms with Gasteiger partial charge >= 0.3 is 6.18 Å². The summed E-state index contributed by atoms with van der Waals surface area (Å²) in [5, 5.41) is 14.6. The van der Waals surface area contributed by atoms with Gasteiger partial charge in [-0.05, 0) is 23.8 Å². The molecule has 1 N–H and O–H groups in total. The summed E-state index contributed by atoms with van der Waals surface area (Å²) in [4.78, 5) is 22.2. The van der Waals surface area contributed by atoms with Gasteiger partial charge in [-0.25, -0.2) is 5.43 Å². The highest BCUT2D eigenvalue weighted by Gasteiger charge is 2.30. The van der Waals surface area contributed by atoms with Crippen molar-refractivity contribution >= 4 is 17.8 Å². The second-order valence-corrected chi connectivity index (χ2v) is 6.18. The molecule has 0 spiro atoms. The summed E-state index contributed by atoms with van der Waals surface area (Å²) in [6, 6.07) is 13.5. The van der Waals surface area contributed by atoms with Crippen molar-refractivity contribution < 1.29 is 27.3 Å². The van der Waals surface area contributed by atoms with E-state index in [4.69, 9.17) is 4.42 Å². The van der Waals surface area contributed by atoms with Crippen LogP contribution in [0.25, 0.3) is 11.3 Å². The van der Waals surface area contributed by atoms with Crippen molar-refractivity contribution in [3.8, 4) is 11.3 Å². The second-order valence-electron chi connectivity index (χ2n) is 6.18. The first kappa shape index (κ1) is 20.8. The monoisotopic (exact) mass is 417 g/mol. The standard InChI is InChI=1S/C20H14F3N3O4/c21-20(22,23)15-5-1-3-13(9-15)10-19(27)25-24-12-17-7-8-18(30-17)14-4-2-6-16(11-14)26(28)29/h1-9,11-12H,10H2,(H,25,27)/b24-12-. The summed E-state index contributed by atoms with van der Waals surface area (Å²) < 4.78 is 43.7. The van der Waals surface area contributed by atoms with E-state index in [-0.39, 0.29) is 23.4 Å². The number of hydrogen-bond acceptors (Lipinski definition) is 5. The highest BCUT2D eigenvalue weighted by atomic mass is 19.4. The van der Waals surface area contributed by atoms with Crippen molar-refractivity contribution in [2.45, 2.75) is 12.6 Å². The Labute approximate surface area is 168 Å². The number of carbonyl (C=O) groups excluding carboxylic acids is 1. The highest BCUT2D eigenvalue weighted by molar-refractivity contribution is 5.82. The van der Waals surface area contributed by atoms with Gasteiger partial charge in [0, 0.05) is 17.7 Å². The van der Waals surface area contributed by atoms with E-state index >= 15 is 0 Å². The fourth-order valence-corrected chi connectivity index (χ4v) is 2.60. The van der Waals surface area contributed by atoms with E-state index < -0.39 is 22.6 Å². The van der Waals surface area contributed by atoms with Crippen molar-refractivity contribution in [1.82, 2.24) is 5.43 Å². The SMILES string of the molecule is O=C(Cc1cccc(C(F)(F)F)c1)N/N=C\c1ccc(-c2cccc([N+](=O)[O-])c2)o1. The van der Waals surface area contributed by atoms with Crippen LogP contribution in [0.2, 0.25) is 0 Å². The predicted molar refractivity (Wildman–Crippen MR) is 102 cm³/mol. The minimum absolute atomic E-state index is 0.0824. The van der Waals surface area contributed by atoms with E-state index in [0.29, 0.717) is 11.3 Å². The minimum Gasteiger partial charge on any atom is -0.455 e. The summed E-state index contributed by atoms with van der Waals surface area (Å²) in [6.45, 7) is 0. The Kier molecular flexibility index (Phi) is 5.95. The summed E-state index contributed by atoms with van der Waals surface area (Å²) in [5.41, 5.74) is 1.99. The number of nitro benzene ring substituents is 1. The molecule has 7 nitrogen and oxygen atoms in total. The van der Waals surface area contributed by atoms with Crippen molar-refractivity contribution in [2.24, 2.45) is 5.10 Å². The number of hydrazone groups is 1. The molecule has 3 aromatic rings. The van der Waals surface area contributed by atoms with Gasteiger partial charge in [-0.2, -0.15) is 18.3 Å². The van der Waals surface area contributed by atoms with Gasteiger partial charge in [0.15, 0.2) is 0 Å². The lowest BCUT2D eigenvalue weighted by atomic mass is 10.1. The van der Waals surface area contributed by atoms with Crippen LogP contribution in [0.4, 0.5) is 18.9 Å². The molecule has 0 atom stereocenters. The minimum atomic E-state index is -4.49. The Morgan fingerprint density at radius 3 is 2.63 bits per heavy atom. The van der Waals surface area contributed by atoms with E-state index in [0.717, 1.165) is 12.1 Å². The largest absolute Gasteiger partial charge is 0.455 e. The van der Waals surface area contributed by atoms with E-state index in [9.17, 15) is 28.1 Å².